The summed E-state index contributed by atoms with van der Waals surface area (Å²) in [4.78, 5) is 38.6. The van der Waals surface area contributed by atoms with Crippen LogP contribution in [0, 0.1) is 0 Å². The number of aliphatic hydroxyl groups is 11. The van der Waals surface area contributed by atoms with Gasteiger partial charge in [0.1, 0.15) is 67.1 Å². The molecule has 0 radical (unpaired) electrons. The van der Waals surface area contributed by atoms with Crippen molar-refractivity contribution in [3.63, 3.8) is 0 Å². The van der Waals surface area contributed by atoms with Crippen LogP contribution in [-0.4, -0.2) is 215 Å². The molecule has 3 heterocycles. The molecule has 0 aromatic carbocycles. The van der Waals surface area contributed by atoms with Crippen molar-refractivity contribution >= 4 is 17.8 Å². The van der Waals surface area contributed by atoms with Crippen LogP contribution in [0.2, 0.25) is 0 Å². The highest BCUT2D eigenvalue weighted by atomic mass is 16.8. The first-order chi connectivity index (χ1) is 48.9. The first-order valence-corrected chi connectivity index (χ1v) is 40.9. The Morgan fingerprint density at radius 2 is 0.861 bits per heavy atom. The fourth-order valence-electron chi connectivity index (χ4n) is 14.6. The van der Waals surface area contributed by atoms with E-state index in [4.69, 9.17) is 28.4 Å². The summed E-state index contributed by atoms with van der Waals surface area (Å²) in [6.45, 7) is 2.24. The predicted molar refractivity (Wildman–Crippen MR) is 389 cm³/mol. The lowest BCUT2D eigenvalue weighted by atomic mass is 9.88. The Kier molecular flexibility index (Phi) is 53.2. The van der Waals surface area contributed by atoms with Crippen molar-refractivity contribution in [3.8, 4) is 0 Å². The molecule has 3 aliphatic rings. The van der Waals surface area contributed by atoms with E-state index in [1.807, 2.05) is 0 Å². The molecule has 18 atom stereocenters. The van der Waals surface area contributed by atoms with E-state index in [9.17, 15) is 75.7 Å². The number of carbonyl (C=O) groups excluding carboxylic acids is 2. The van der Waals surface area contributed by atoms with Crippen molar-refractivity contribution in [3.05, 3.63) is 0 Å². The summed E-state index contributed by atoms with van der Waals surface area (Å²) in [6.07, 6.45) is 31.5. The lowest BCUT2D eigenvalue weighted by Crippen LogP contribution is -2.70. The molecule has 23 heteroatoms. The van der Waals surface area contributed by atoms with Crippen molar-refractivity contribution in [1.29, 1.82) is 0 Å². The number of nitrogens with one attached hydrogen (secondary N) is 2. The second-order valence-corrected chi connectivity index (χ2v) is 30.0. The fourth-order valence-corrected chi connectivity index (χ4v) is 14.6. The van der Waals surface area contributed by atoms with Crippen molar-refractivity contribution < 1.29 is 104 Å². The van der Waals surface area contributed by atoms with Crippen LogP contribution in [0.4, 0.5) is 0 Å². The molecule has 101 heavy (non-hydrogen) atoms. The molecule has 18 unspecified atom stereocenters. The molecule has 0 saturated carbocycles. The standard InChI is InChI=1S/C78H148N2O21/c1-4-6-8-10-12-14-16-18-19-20-21-22-23-24-25-26-27-28-29-30-31-32-33-34-35-36-37-38-39-40-42-44-46-48-50-52-65(88)80-59(60(85)51-49-47-45-43-41-17-15-13-11-9-7-5-2)57-96-75-70(92)69(91)72(64(56-83)98-75)99-76-71(93)74(68(90)63(55-82)97-76)101-78(77(94)95)53-61(86)66(79-58(3)84)73(100-78)67(89)62(87)54-81/h59-64,66-76,81-83,85-87,89-93H,4-57H2,1-3H3,(H,79,84)(H,80,88)(H,94,95). The van der Waals surface area contributed by atoms with Crippen molar-refractivity contribution in [2.24, 2.45) is 0 Å². The molecule has 3 aliphatic heterocycles. The maximum atomic E-state index is 13.5. The summed E-state index contributed by atoms with van der Waals surface area (Å²) in [7, 11) is 0. The average Bonchev–Trinajstić information content (AvgIpc) is 0.755. The Labute approximate surface area is 608 Å². The number of ether oxygens (including phenoxy) is 6. The Balaban J connectivity index is 1.41. The van der Waals surface area contributed by atoms with E-state index in [1.165, 1.54) is 244 Å². The molecule has 0 spiro atoms. The quantitative estimate of drug-likeness (QED) is 0.0252. The third kappa shape index (κ3) is 38.4. The lowest BCUT2D eigenvalue weighted by molar-refractivity contribution is -0.386. The minimum atomic E-state index is -3.08. The monoisotopic (exact) mass is 1450 g/mol. The number of carboxylic acids is 1. The number of amides is 2. The lowest BCUT2D eigenvalue weighted by Gasteiger charge is -2.50. The van der Waals surface area contributed by atoms with E-state index < -0.39 is 148 Å². The molecular formula is C78H148N2O21. The van der Waals surface area contributed by atoms with Gasteiger partial charge in [-0.2, -0.15) is 0 Å². The van der Waals surface area contributed by atoms with Gasteiger partial charge in [0.05, 0.1) is 50.7 Å². The van der Waals surface area contributed by atoms with Gasteiger partial charge in [0.2, 0.25) is 11.8 Å². The molecule has 2 amide bonds. The van der Waals surface area contributed by atoms with Gasteiger partial charge in [-0.05, 0) is 12.8 Å². The predicted octanol–water partition coefficient (Wildman–Crippen LogP) is 10.8. The van der Waals surface area contributed by atoms with Gasteiger partial charge in [0, 0.05) is 19.8 Å². The largest absolute Gasteiger partial charge is 0.477 e. The van der Waals surface area contributed by atoms with Gasteiger partial charge in [-0.25, -0.2) is 4.79 Å². The van der Waals surface area contributed by atoms with E-state index in [1.54, 1.807) is 0 Å². The molecule has 3 fully saturated rings. The van der Waals surface area contributed by atoms with Crippen LogP contribution >= 0.6 is 0 Å². The zero-order chi connectivity index (χ0) is 73.9. The van der Waals surface area contributed by atoms with Gasteiger partial charge in [-0.3, -0.25) is 9.59 Å². The molecule has 0 aliphatic carbocycles. The highest BCUT2D eigenvalue weighted by molar-refractivity contribution is 5.77. The molecule has 14 N–H and O–H groups in total. The molecule has 596 valence electrons. The van der Waals surface area contributed by atoms with E-state index in [-0.39, 0.29) is 18.9 Å². The smallest absolute Gasteiger partial charge is 0.364 e. The number of carbonyl (C=O) groups is 3. The van der Waals surface area contributed by atoms with Gasteiger partial charge in [-0.15, -0.1) is 0 Å². The number of hydrogen-bond donors (Lipinski definition) is 14. The number of rotatable bonds is 65. The summed E-state index contributed by atoms with van der Waals surface area (Å²) >= 11 is 0. The molecular weight excluding hydrogens is 1300 g/mol. The van der Waals surface area contributed by atoms with Crippen molar-refractivity contribution in [2.45, 2.75) is 452 Å². The Morgan fingerprint density at radius 1 is 0.475 bits per heavy atom. The Morgan fingerprint density at radius 3 is 1.24 bits per heavy atom. The Hall–Kier alpha value is -2.27. The average molecular weight is 1450 g/mol. The van der Waals surface area contributed by atoms with Gasteiger partial charge < -0.3 is 100 Å². The summed E-state index contributed by atoms with van der Waals surface area (Å²) in [5.74, 6) is -6.09. The minimum absolute atomic E-state index is 0.229. The molecule has 0 aromatic heterocycles. The maximum Gasteiger partial charge on any atom is 0.364 e. The molecule has 0 bridgehead atoms. The summed E-state index contributed by atoms with van der Waals surface area (Å²) in [6, 6.07) is -2.52. The molecule has 3 rings (SSSR count). The zero-order valence-electron chi connectivity index (χ0n) is 63.0. The van der Waals surface area contributed by atoms with E-state index in [0.29, 0.717) is 19.3 Å². The van der Waals surface area contributed by atoms with Crippen LogP contribution in [0.25, 0.3) is 0 Å². The van der Waals surface area contributed by atoms with Gasteiger partial charge in [0.15, 0.2) is 12.6 Å². The van der Waals surface area contributed by atoms with Gasteiger partial charge in [-0.1, -0.05) is 309 Å². The third-order valence-corrected chi connectivity index (χ3v) is 21.1. The number of aliphatic hydroxyl groups excluding tert-OH is 11. The zero-order valence-corrected chi connectivity index (χ0v) is 63.0. The highest BCUT2D eigenvalue weighted by Crippen LogP contribution is 2.39. The first kappa shape index (κ1) is 92.9. The molecule has 23 nitrogen and oxygen atoms in total. The van der Waals surface area contributed by atoms with Gasteiger partial charge in [0.25, 0.3) is 5.79 Å². The topological polar surface area (TPSA) is 373 Å². The number of aliphatic carboxylic acids is 1. The van der Waals surface area contributed by atoms with Gasteiger partial charge >= 0.3 is 5.97 Å². The molecule has 3 saturated heterocycles. The minimum Gasteiger partial charge on any atom is -0.477 e. The maximum absolute atomic E-state index is 13.5. The van der Waals surface area contributed by atoms with Crippen LogP contribution < -0.4 is 10.6 Å². The number of carboxylic acid groups (broad SMARTS) is 1. The second kappa shape index (κ2) is 57.8. The second-order valence-electron chi connectivity index (χ2n) is 30.0. The normalized spacial score (nSPS) is 26.7. The SMILES string of the molecule is CCCCCCCCCCCCCCCCCCCCCCCCCCCCCCCCCCCCCC(=O)NC(COC1OC(CO)C(OC2OC(CO)C(O)C(OC3(C(=O)O)CC(O)C(NC(C)=O)C(C(O)C(O)CO)O3)C2O)C(O)C1O)C(O)CCCCCCCCCCCCCC. The number of unbranched alkanes of at least 4 members (excludes halogenated alkanes) is 45. The summed E-state index contributed by atoms with van der Waals surface area (Å²) in [5, 5.41) is 136. The van der Waals surface area contributed by atoms with E-state index >= 15 is 0 Å². The number of hydrogen-bond acceptors (Lipinski definition) is 20. The fraction of sp³-hybridized carbons (Fsp3) is 0.962. The van der Waals surface area contributed by atoms with Crippen molar-refractivity contribution in [2.75, 3.05) is 26.4 Å². The molecule has 0 aromatic rings. The van der Waals surface area contributed by atoms with E-state index in [0.717, 1.165) is 51.9 Å². The van der Waals surface area contributed by atoms with Crippen LogP contribution in [-0.2, 0) is 42.8 Å². The highest BCUT2D eigenvalue weighted by Gasteiger charge is 2.60. The van der Waals surface area contributed by atoms with Crippen LogP contribution in [0.15, 0.2) is 0 Å². The van der Waals surface area contributed by atoms with Crippen LogP contribution in [0.3, 0.4) is 0 Å². The van der Waals surface area contributed by atoms with Crippen molar-refractivity contribution in [1.82, 2.24) is 10.6 Å². The first-order valence-electron chi connectivity index (χ1n) is 40.9. The van der Waals surface area contributed by atoms with Crippen LogP contribution in [0.5, 0.6) is 0 Å². The third-order valence-electron chi connectivity index (χ3n) is 21.1. The van der Waals surface area contributed by atoms with E-state index in [2.05, 4.69) is 24.5 Å². The Bertz CT molecular complexity index is 2020. The summed E-state index contributed by atoms with van der Waals surface area (Å²) < 4.78 is 34.9. The summed E-state index contributed by atoms with van der Waals surface area (Å²) in [5.41, 5.74) is 0. The van der Waals surface area contributed by atoms with Crippen LogP contribution in [0.1, 0.15) is 342 Å².